The van der Waals surface area contributed by atoms with Crippen LogP contribution < -0.4 is 10.6 Å². The van der Waals surface area contributed by atoms with Crippen LogP contribution in [-0.2, 0) is 19.1 Å². The molecule has 3 aliphatic heterocycles. The number of likely N-dealkylation sites (tertiary alicyclic amines) is 1. The summed E-state index contributed by atoms with van der Waals surface area (Å²) in [5, 5.41) is 6.33. The lowest BCUT2D eigenvalue weighted by Crippen LogP contribution is -2.58. The van der Waals surface area contributed by atoms with Crippen molar-refractivity contribution in [2.45, 2.75) is 96.4 Å². The number of ether oxygens (including phenoxy) is 1. The molecule has 1 aromatic rings. The predicted octanol–water partition coefficient (Wildman–Crippen LogP) is 4.64. The Morgan fingerprint density at radius 1 is 1.13 bits per heavy atom. The summed E-state index contributed by atoms with van der Waals surface area (Å²) in [6.07, 6.45) is 8.17. The molecule has 3 amide bonds. The van der Waals surface area contributed by atoms with Gasteiger partial charge in [-0.05, 0) is 48.3 Å². The first-order chi connectivity index (χ1) is 18.2. The lowest BCUT2D eigenvalue weighted by atomic mass is 9.73. The highest BCUT2D eigenvalue weighted by atomic mass is 16.5. The molecule has 0 aromatic heterocycles. The molecular weight excluding hydrogens is 478 g/mol. The summed E-state index contributed by atoms with van der Waals surface area (Å²) in [4.78, 5) is 43.2. The molecule has 1 spiro atoms. The summed E-state index contributed by atoms with van der Waals surface area (Å²) in [5.74, 6) is -0.596. The number of carbonyl (C=O) groups excluding carboxylic acids is 3. The first-order valence-corrected chi connectivity index (χ1v) is 14.6. The molecule has 206 valence electrons. The van der Waals surface area contributed by atoms with Crippen molar-refractivity contribution < 1.29 is 19.1 Å². The smallest absolute Gasteiger partial charge is 0.246 e. The summed E-state index contributed by atoms with van der Waals surface area (Å²) in [7, 11) is 0. The van der Waals surface area contributed by atoms with E-state index >= 15 is 0 Å². The Labute approximate surface area is 226 Å². The Kier molecular flexibility index (Phi) is 7.42. The van der Waals surface area contributed by atoms with Gasteiger partial charge in [-0.2, -0.15) is 0 Å². The van der Waals surface area contributed by atoms with Gasteiger partial charge in [0.15, 0.2) is 0 Å². The van der Waals surface area contributed by atoms with Crippen molar-refractivity contribution in [2.24, 2.45) is 23.7 Å². The molecule has 38 heavy (non-hydrogen) atoms. The molecule has 2 bridgehead atoms. The number of anilines is 1. The Hall–Kier alpha value is -2.67. The second-order valence-corrected chi connectivity index (χ2v) is 12.2. The molecule has 7 nitrogen and oxygen atoms in total. The molecular formula is C31H43N3O4. The van der Waals surface area contributed by atoms with Gasteiger partial charge in [0, 0.05) is 18.3 Å². The van der Waals surface area contributed by atoms with Gasteiger partial charge in [0.25, 0.3) is 0 Å². The zero-order chi connectivity index (χ0) is 27.2. The van der Waals surface area contributed by atoms with Crippen LogP contribution >= 0.6 is 0 Å². The van der Waals surface area contributed by atoms with Crippen LogP contribution in [0.2, 0.25) is 0 Å². The van der Waals surface area contributed by atoms with Gasteiger partial charge in [-0.15, -0.1) is 0 Å². The molecule has 1 aliphatic carbocycles. The fraction of sp³-hybridized carbons (Fsp3) is 0.645. The van der Waals surface area contributed by atoms with E-state index in [0.717, 1.165) is 25.7 Å². The fourth-order valence-corrected chi connectivity index (χ4v) is 7.06. The molecule has 2 saturated heterocycles. The molecule has 3 fully saturated rings. The maximum Gasteiger partial charge on any atom is 0.246 e. The number of benzene rings is 1. The molecule has 2 N–H and O–H groups in total. The van der Waals surface area contributed by atoms with Crippen LogP contribution in [0.1, 0.15) is 78.2 Å². The predicted molar refractivity (Wildman–Crippen MR) is 147 cm³/mol. The number of carbonyl (C=O) groups is 3. The lowest BCUT2D eigenvalue weighted by Gasteiger charge is -2.38. The van der Waals surface area contributed by atoms with E-state index in [-0.39, 0.29) is 23.8 Å². The van der Waals surface area contributed by atoms with E-state index in [1.165, 1.54) is 12.0 Å². The zero-order valence-corrected chi connectivity index (χ0v) is 23.4. The second-order valence-electron chi connectivity index (χ2n) is 12.2. The highest BCUT2D eigenvalue weighted by Gasteiger charge is 2.72. The molecule has 4 aliphatic rings. The molecule has 1 aromatic carbocycles. The van der Waals surface area contributed by atoms with Crippen molar-refractivity contribution in [1.82, 2.24) is 10.2 Å². The highest BCUT2D eigenvalue weighted by molar-refractivity contribution is 6.02. The summed E-state index contributed by atoms with van der Waals surface area (Å²) < 4.78 is 6.46. The average Bonchev–Trinajstić information content (AvgIpc) is 3.53. The average molecular weight is 522 g/mol. The number of unbranched alkanes of at least 4 members (excludes halogenated alkanes) is 1. The van der Waals surface area contributed by atoms with Crippen molar-refractivity contribution in [2.75, 3.05) is 11.9 Å². The molecule has 3 heterocycles. The minimum absolute atomic E-state index is 0.0836. The maximum atomic E-state index is 13.9. The van der Waals surface area contributed by atoms with Crippen molar-refractivity contribution in [3.63, 3.8) is 0 Å². The highest BCUT2D eigenvalue weighted by Crippen LogP contribution is 2.55. The van der Waals surface area contributed by atoms with Gasteiger partial charge in [-0.3, -0.25) is 14.4 Å². The molecule has 7 heteroatoms. The van der Waals surface area contributed by atoms with E-state index in [1.807, 2.05) is 36.4 Å². The third-order valence-corrected chi connectivity index (χ3v) is 9.56. The molecule has 8 atom stereocenters. The lowest BCUT2D eigenvalue weighted by molar-refractivity contribution is -0.141. The third kappa shape index (κ3) is 4.47. The van der Waals surface area contributed by atoms with E-state index in [0.29, 0.717) is 30.0 Å². The van der Waals surface area contributed by atoms with Gasteiger partial charge in [0.2, 0.25) is 17.7 Å². The number of nitrogens with zero attached hydrogens (tertiary/aromatic N) is 1. The summed E-state index contributed by atoms with van der Waals surface area (Å²) in [6, 6.07) is 7.15. The number of hydrogen-bond acceptors (Lipinski definition) is 4. The molecule has 5 rings (SSSR count). The van der Waals surface area contributed by atoms with E-state index in [9.17, 15) is 14.4 Å². The minimum atomic E-state index is -1.10. The number of amides is 3. The first-order valence-electron chi connectivity index (χ1n) is 14.6. The van der Waals surface area contributed by atoms with Gasteiger partial charge < -0.3 is 20.3 Å². The van der Waals surface area contributed by atoms with Crippen LogP contribution in [0.3, 0.4) is 0 Å². The first kappa shape index (κ1) is 26.9. The van der Waals surface area contributed by atoms with Crippen LogP contribution in [-0.4, -0.2) is 53.0 Å². The van der Waals surface area contributed by atoms with Crippen LogP contribution in [0.25, 0.3) is 0 Å². The largest absolute Gasteiger partial charge is 0.359 e. The summed E-state index contributed by atoms with van der Waals surface area (Å²) in [6.45, 7) is 11.3. The Balaban J connectivity index is 1.40. The van der Waals surface area contributed by atoms with E-state index in [1.54, 1.807) is 4.90 Å². The van der Waals surface area contributed by atoms with Gasteiger partial charge >= 0.3 is 0 Å². The number of nitrogens with one attached hydrogen (secondary N) is 2. The van der Waals surface area contributed by atoms with Crippen molar-refractivity contribution in [3.8, 4) is 0 Å². The number of hydrogen-bond donors (Lipinski definition) is 2. The zero-order valence-electron chi connectivity index (χ0n) is 23.4. The Morgan fingerprint density at radius 3 is 2.55 bits per heavy atom. The summed E-state index contributed by atoms with van der Waals surface area (Å²) in [5.41, 5.74) is 0.788. The van der Waals surface area contributed by atoms with Crippen molar-refractivity contribution >= 4 is 23.4 Å². The molecule has 0 radical (unpaired) electrons. The van der Waals surface area contributed by atoms with Gasteiger partial charge in [-0.1, -0.05) is 78.2 Å². The van der Waals surface area contributed by atoms with E-state index in [2.05, 4.69) is 45.3 Å². The number of rotatable bonds is 8. The molecule has 1 saturated carbocycles. The third-order valence-electron chi connectivity index (χ3n) is 9.56. The van der Waals surface area contributed by atoms with E-state index < -0.39 is 29.6 Å². The minimum Gasteiger partial charge on any atom is -0.359 e. The van der Waals surface area contributed by atoms with Gasteiger partial charge in [0.1, 0.15) is 11.6 Å². The van der Waals surface area contributed by atoms with Crippen LogP contribution in [0.5, 0.6) is 0 Å². The van der Waals surface area contributed by atoms with Gasteiger partial charge in [-0.25, -0.2) is 0 Å². The van der Waals surface area contributed by atoms with Gasteiger partial charge in [0.05, 0.1) is 17.9 Å². The summed E-state index contributed by atoms with van der Waals surface area (Å²) >= 11 is 0. The monoisotopic (exact) mass is 521 g/mol. The fourth-order valence-electron chi connectivity index (χ4n) is 7.06. The second kappa shape index (κ2) is 10.5. The van der Waals surface area contributed by atoms with E-state index in [4.69, 9.17) is 4.74 Å². The normalized spacial score (nSPS) is 35.6. The molecule has 0 unspecified atom stereocenters. The van der Waals surface area contributed by atoms with Crippen LogP contribution in [0.15, 0.2) is 36.4 Å². The quantitative estimate of drug-likeness (QED) is 0.488. The van der Waals surface area contributed by atoms with Crippen molar-refractivity contribution in [1.29, 1.82) is 0 Å². The Morgan fingerprint density at radius 2 is 1.87 bits per heavy atom. The SMILES string of the molecule is CCCCN1C(=O)[C@@H]2[C@H](C(=O)Nc3ccc(C(C)C)cc3)[C@@H]3C=C[C@@]2(O3)[C@@H]1C(=O)N[C@@H]1CCC[C@@H](C)[C@H]1C. The van der Waals surface area contributed by atoms with Crippen LogP contribution in [0.4, 0.5) is 5.69 Å². The van der Waals surface area contributed by atoms with Crippen molar-refractivity contribution in [3.05, 3.63) is 42.0 Å². The maximum absolute atomic E-state index is 13.9. The van der Waals surface area contributed by atoms with Crippen LogP contribution in [0, 0.1) is 23.7 Å². The Bertz CT molecular complexity index is 1100. The standard InChI is InChI=1S/C31H43N3O4/c1-6-7-17-34-27(29(36)33-23-10-8-9-19(4)20(23)5)31-16-15-24(38-31)25(26(31)30(34)37)28(35)32-22-13-11-21(12-14-22)18(2)3/h11-16,18-20,23-27H,6-10,17H2,1-5H3,(H,32,35)(H,33,36)/t19-,20-,23-,24+,25-,26+,27+,31+/m1/s1. The topological polar surface area (TPSA) is 87.7 Å². The number of fused-ring (bicyclic) bond motifs is 1.